The number of furan rings is 1. The Morgan fingerprint density at radius 3 is 2.72 bits per heavy atom. The number of nitrogens with zero attached hydrogens (tertiary/aromatic N) is 1. The van der Waals surface area contributed by atoms with E-state index >= 15 is 0 Å². The van der Waals surface area contributed by atoms with Crippen LogP contribution in [0.25, 0.3) is 11.0 Å². The van der Waals surface area contributed by atoms with Crippen LogP contribution < -0.4 is 10.1 Å². The molecule has 0 bridgehead atoms. The number of rotatable bonds is 6. The van der Waals surface area contributed by atoms with Crippen LogP contribution in [0.15, 0.2) is 28.8 Å². The highest BCUT2D eigenvalue weighted by molar-refractivity contribution is 7.11. The van der Waals surface area contributed by atoms with Crippen molar-refractivity contribution in [2.24, 2.45) is 0 Å². The fraction of sp³-hybridized carbons (Fsp3) is 0.381. The molecule has 0 atom stereocenters. The summed E-state index contributed by atoms with van der Waals surface area (Å²) in [5.41, 5.74) is 0.0589. The van der Waals surface area contributed by atoms with Crippen LogP contribution in [0.3, 0.4) is 0 Å². The molecule has 0 saturated heterocycles. The van der Waals surface area contributed by atoms with Crippen LogP contribution in [0, 0.1) is 13.8 Å². The van der Waals surface area contributed by atoms with Gasteiger partial charge in [-0.3, -0.25) is 4.79 Å². The minimum absolute atomic E-state index is 0.346. The number of thiazole rings is 1. The molecule has 8 heteroatoms. The van der Waals surface area contributed by atoms with Gasteiger partial charge in [-0.2, -0.15) is 0 Å². The Labute approximate surface area is 172 Å². The van der Waals surface area contributed by atoms with Gasteiger partial charge in [0.1, 0.15) is 29.2 Å². The zero-order valence-corrected chi connectivity index (χ0v) is 17.4. The van der Waals surface area contributed by atoms with Gasteiger partial charge in [0, 0.05) is 11.6 Å². The summed E-state index contributed by atoms with van der Waals surface area (Å²) in [5.74, 6) is 0.366. The van der Waals surface area contributed by atoms with E-state index in [0.29, 0.717) is 47.5 Å². The molecule has 1 aliphatic rings. The highest BCUT2D eigenvalue weighted by atomic mass is 32.1. The van der Waals surface area contributed by atoms with Gasteiger partial charge in [-0.25, -0.2) is 9.78 Å². The average Bonchev–Trinajstić information content (AvgIpc) is 3.23. The highest BCUT2D eigenvalue weighted by Gasteiger charge is 2.47. The third-order valence-corrected chi connectivity index (χ3v) is 6.14. The van der Waals surface area contributed by atoms with Crippen LogP contribution in [0.2, 0.25) is 0 Å². The van der Waals surface area contributed by atoms with E-state index in [1.54, 1.807) is 36.6 Å². The third-order valence-electron chi connectivity index (χ3n) is 5.25. The minimum Gasteiger partial charge on any atom is -0.488 e. The Morgan fingerprint density at radius 2 is 2.10 bits per heavy atom. The van der Waals surface area contributed by atoms with Gasteiger partial charge in [0.15, 0.2) is 0 Å². The van der Waals surface area contributed by atoms with Crippen molar-refractivity contribution in [3.05, 3.63) is 45.6 Å². The lowest BCUT2D eigenvalue weighted by atomic mass is 9.76. The molecule has 1 N–H and O–H groups in total. The van der Waals surface area contributed by atoms with Crippen molar-refractivity contribution in [1.82, 2.24) is 10.3 Å². The number of aromatic nitrogens is 1. The number of benzene rings is 1. The van der Waals surface area contributed by atoms with Crippen LogP contribution in [-0.4, -0.2) is 29.5 Å². The van der Waals surface area contributed by atoms with Crippen LogP contribution >= 0.6 is 11.3 Å². The molecule has 1 saturated carbocycles. The lowest BCUT2D eigenvalue weighted by Crippen LogP contribution is -2.59. The Kier molecular flexibility index (Phi) is 5.04. The van der Waals surface area contributed by atoms with Gasteiger partial charge in [0.05, 0.1) is 22.6 Å². The molecule has 4 rings (SSSR count). The fourth-order valence-corrected chi connectivity index (χ4v) is 4.29. The van der Waals surface area contributed by atoms with Gasteiger partial charge in [0.25, 0.3) is 5.91 Å². The van der Waals surface area contributed by atoms with Gasteiger partial charge in [-0.1, -0.05) is 0 Å². The van der Waals surface area contributed by atoms with Crippen molar-refractivity contribution in [1.29, 1.82) is 0 Å². The Morgan fingerprint density at radius 1 is 1.31 bits per heavy atom. The first-order chi connectivity index (χ1) is 13.9. The Bertz CT molecular complexity index is 1080. The second-order valence-electron chi connectivity index (χ2n) is 7.21. The maximum Gasteiger partial charge on any atom is 0.331 e. The number of carbonyl (C=O) groups excluding carboxylic acids is 2. The van der Waals surface area contributed by atoms with E-state index in [1.807, 2.05) is 13.0 Å². The first kappa shape index (κ1) is 19.4. The molecule has 2 aromatic heterocycles. The van der Waals surface area contributed by atoms with Crippen molar-refractivity contribution < 1.29 is 23.5 Å². The standard InChI is InChI=1S/C21H22N2O5S/c1-12-18(19(24)23-21(7-4-8-21)20(25)26-3)16-9-14(5-6-17(16)28-12)27-11-15-10-22-13(2)29-15/h5-6,9-10H,4,7-8,11H2,1-3H3,(H,23,24). The average molecular weight is 414 g/mol. The number of hydrogen-bond donors (Lipinski definition) is 1. The number of amides is 1. The number of methoxy groups -OCH3 is 1. The summed E-state index contributed by atoms with van der Waals surface area (Å²) >= 11 is 1.58. The first-order valence-electron chi connectivity index (χ1n) is 9.40. The van der Waals surface area contributed by atoms with Gasteiger partial charge in [-0.15, -0.1) is 11.3 Å². The summed E-state index contributed by atoms with van der Waals surface area (Å²) < 4.78 is 16.5. The fourth-order valence-electron chi connectivity index (χ4n) is 3.58. The molecule has 0 radical (unpaired) electrons. The summed E-state index contributed by atoms with van der Waals surface area (Å²) in [7, 11) is 1.33. The molecule has 0 aliphatic heterocycles. The van der Waals surface area contributed by atoms with E-state index in [9.17, 15) is 9.59 Å². The first-order valence-corrected chi connectivity index (χ1v) is 10.2. The monoisotopic (exact) mass is 414 g/mol. The van der Waals surface area contributed by atoms with Crippen molar-refractivity contribution in [3.63, 3.8) is 0 Å². The smallest absolute Gasteiger partial charge is 0.331 e. The quantitative estimate of drug-likeness (QED) is 0.615. The second kappa shape index (κ2) is 7.51. The van der Waals surface area contributed by atoms with Gasteiger partial charge < -0.3 is 19.2 Å². The molecule has 7 nitrogen and oxygen atoms in total. The molecule has 2 heterocycles. The molecule has 1 aromatic carbocycles. The summed E-state index contributed by atoms with van der Waals surface area (Å²) in [5, 5.41) is 4.51. The maximum absolute atomic E-state index is 13.0. The maximum atomic E-state index is 13.0. The molecule has 29 heavy (non-hydrogen) atoms. The topological polar surface area (TPSA) is 90.7 Å². The van der Waals surface area contributed by atoms with Crippen LogP contribution in [-0.2, 0) is 16.1 Å². The number of fused-ring (bicyclic) bond motifs is 1. The summed E-state index contributed by atoms with van der Waals surface area (Å²) in [4.78, 5) is 30.4. The predicted molar refractivity (Wildman–Crippen MR) is 108 cm³/mol. The summed E-state index contributed by atoms with van der Waals surface area (Å²) in [6, 6.07) is 5.38. The SMILES string of the molecule is COC(=O)C1(NC(=O)c2c(C)oc3ccc(OCc4cnc(C)s4)cc23)CCC1. The molecule has 0 spiro atoms. The molecular formula is C21H22N2O5S. The molecule has 1 aliphatic carbocycles. The molecule has 3 aromatic rings. The van der Waals surface area contributed by atoms with E-state index in [4.69, 9.17) is 13.9 Å². The molecule has 152 valence electrons. The number of esters is 1. The van der Waals surface area contributed by atoms with Gasteiger partial charge >= 0.3 is 5.97 Å². The van der Waals surface area contributed by atoms with E-state index < -0.39 is 11.5 Å². The number of ether oxygens (including phenoxy) is 2. The Balaban J connectivity index is 1.59. The predicted octanol–water partition coefficient (Wildman–Crippen LogP) is 3.91. The van der Waals surface area contributed by atoms with Crippen LogP contribution in [0.4, 0.5) is 0 Å². The highest BCUT2D eigenvalue weighted by Crippen LogP contribution is 2.35. The molecule has 1 fully saturated rings. The zero-order valence-electron chi connectivity index (χ0n) is 16.5. The normalized spacial score (nSPS) is 15.0. The third kappa shape index (κ3) is 3.60. The van der Waals surface area contributed by atoms with Crippen molar-refractivity contribution in [2.45, 2.75) is 45.3 Å². The molecule has 1 amide bonds. The number of hydrogen-bond acceptors (Lipinski definition) is 7. The lowest BCUT2D eigenvalue weighted by molar-refractivity contribution is -0.152. The van der Waals surface area contributed by atoms with Gasteiger partial charge in [-0.05, 0) is 51.3 Å². The summed E-state index contributed by atoms with van der Waals surface area (Å²) in [6.07, 6.45) is 3.81. The van der Waals surface area contributed by atoms with Crippen LogP contribution in [0.1, 0.15) is 45.3 Å². The van der Waals surface area contributed by atoms with E-state index in [1.165, 1.54) is 7.11 Å². The van der Waals surface area contributed by atoms with E-state index in [0.717, 1.165) is 16.3 Å². The van der Waals surface area contributed by atoms with E-state index in [-0.39, 0.29) is 5.91 Å². The van der Waals surface area contributed by atoms with E-state index in [2.05, 4.69) is 10.3 Å². The Hall–Kier alpha value is -2.87. The van der Waals surface area contributed by atoms with Crippen LogP contribution in [0.5, 0.6) is 5.75 Å². The number of aryl methyl sites for hydroxylation is 2. The van der Waals surface area contributed by atoms with Crippen molar-refractivity contribution in [3.8, 4) is 5.75 Å². The van der Waals surface area contributed by atoms with Gasteiger partial charge in [0.2, 0.25) is 0 Å². The summed E-state index contributed by atoms with van der Waals surface area (Å²) in [6.45, 7) is 4.09. The molecular weight excluding hydrogens is 392 g/mol. The van der Waals surface area contributed by atoms with Crippen molar-refractivity contribution >= 4 is 34.2 Å². The lowest BCUT2D eigenvalue weighted by Gasteiger charge is -2.39. The number of nitrogens with one attached hydrogen (secondary N) is 1. The van der Waals surface area contributed by atoms with Crippen molar-refractivity contribution in [2.75, 3.05) is 7.11 Å². The minimum atomic E-state index is -0.944. The second-order valence-corrected chi connectivity index (χ2v) is 8.53. The zero-order chi connectivity index (χ0) is 20.6. The largest absolute Gasteiger partial charge is 0.488 e. The molecule has 0 unspecified atom stereocenters. The number of carbonyl (C=O) groups is 2.